The molecule has 0 N–H and O–H groups in total. The van der Waals surface area contributed by atoms with Gasteiger partial charge in [-0.25, -0.2) is 0 Å². The molecule has 25 heavy (non-hydrogen) atoms. The minimum atomic E-state index is -0.561. The molecule has 6 heteroatoms. The summed E-state index contributed by atoms with van der Waals surface area (Å²) in [7, 11) is 3.19. The predicted molar refractivity (Wildman–Crippen MR) is 95.2 cm³/mol. The summed E-state index contributed by atoms with van der Waals surface area (Å²) >= 11 is 0. The highest BCUT2D eigenvalue weighted by molar-refractivity contribution is 6.06. The lowest BCUT2D eigenvalue weighted by Crippen LogP contribution is -2.51. The van der Waals surface area contributed by atoms with Gasteiger partial charge in [0.2, 0.25) is 6.10 Å². The van der Waals surface area contributed by atoms with E-state index in [-0.39, 0.29) is 18.0 Å². The second-order valence-corrected chi connectivity index (χ2v) is 6.75. The molecule has 2 aliphatic heterocycles. The van der Waals surface area contributed by atoms with E-state index < -0.39 is 6.10 Å². The standard InChI is InChI=1S/C19H26N2O4/c1-12-7-5-8-13(2)21(12)19(22)17-11-15(20-25-17)14-9-6-10-16(23-3)18(14)24-4/h6,9-10,12-13,17H,5,7-8,11H2,1-4H3/t12-,13-,17-/m0/s1. The van der Waals surface area contributed by atoms with Gasteiger partial charge in [-0.05, 0) is 45.2 Å². The largest absolute Gasteiger partial charge is 0.493 e. The number of hydrogen-bond acceptors (Lipinski definition) is 5. The number of para-hydroxylation sites is 1. The van der Waals surface area contributed by atoms with E-state index in [1.54, 1.807) is 14.2 Å². The molecule has 1 saturated heterocycles. The van der Waals surface area contributed by atoms with Gasteiger partial charge in [0.1, 0.15) is 0 Å². The van der Waals surface area contributed by atoms with Crippen molar-refractivity contribution in [1.82, 2.24) is 4.90 Å². The Kier molecular flexibility index (Phi) is 5.16. The monoisotopic (exact) mass is 346 g/mol. The van der Waals surface area contributed by atoms with E-state index in [1.807, 2.05) is 23.1 Å². The van der Waals surface area contributed by atoms with Gasteiger partial charge in [-0.15, -0.1) is 0 Å². The van der Waals surface area contributed by atoms with Crippen LogP contribution in [0.25, 0.3) is 0 Å². The molecule has 1 aromatic carbocycles. The number of piperidine rings is 1. The number of nitrogens with zero attached hydrogens (tertiary/aromatic N) is 2. The van der Waals surface area contributed by atoms with Crippen molar-refractivity contribution >= 4 is 11.6 Å². The van der Waals surface area contributed by atoms with Crippen molar-refractivity contribution < 1.29 is 19.1 Å². The second-order valence-electron chi connectivity index (χ2n) is 6.75. The molecule has 0 aliphatic carbocycles. The predicted octanol–water partition coefficient (Wildman–Crippen LogP) is 2.99. The zero-order valence-corrected chi connectivity index (χ0v) is 15.3. The molecule has 3 atom stereocenters. The highest BCUT2D eigenvalue weighted by atomic mass is 16.6. The van der Waals surface area contributed by atoms with Crippen molar-refractivity contribution in [2.75, 3.05) is 14.2 Å². The van der Waals surface area contributed by atoms with Gasteiger partial charge < -0.3 is 19.2 Å². The highest BCUT2D eigenvalue weighted by Gasteiger charge is 2.38. The number of likely N-dealkylation sites (tertiary alicyclic amines) is 1. The molecule has 1 amide bonds. The smallest absolute Gasteiger partial charge is 0.267 e. The molecule has 1 fully saturated rings. The van der Waals surface area contributed by atoms with Crippen LogP contribution in [-0.4, -0.2) is 48.9 Å². The third kappa shape index (κ3) is 3.30. The molecular weight excluding hydrogens is 320 g/mol. The van der Waals surface area contributed by atoms with Crippen molar-refractivity contribution in [2.24, 2.45) is 5.16 Å². The number of rotatable bonds is 4. The van der Waals surface area contributed by atoms with Crippen molar-refractivity contribution in [1.29, 1.82) is 0 Å². The number of ether oxygens (including phenoxy) is 2. The molecule has 136 valence electrons. The van der Waals surface area contributed by atoms with Gasteiger partial charge in [0.25, 0.3) is 5.91 Å². The summed E-state index contributed by atoms with van der Waals surface area (Å²) in [5.74, 6) is 1.27. The Morgan fingerprint density at radius 3 is 2.56 bits per heavy atom. The van der Waals surface area contributed by atoms with E-state index in [0.29, 0.717) is 23.6 Å². The molecule has 0 bridgehead atoms. The first-order valence-corrected chi connectivity index (χ1v) is 8.83. The van der Waals surface area contributed by atoms with E-state index in [1.165, 1.54) is 6.42 Å². The fraction of sp³-hybridized carbons (Fsp3) is 0.579. The maximum atomic E-state index is 12.9. The van der Waals surface area contributed by atoms with Crippen LogP contribution in [0.5, 0.6) is 11.5 Å². The quantitative estimate of drug-likeness (QED) is 0.841. The van der Waals surface area contributed by atoms with E-state index >= 15 is 0 Å². The van der Waals surface area contributed by atoms with Gasteiger partial charge >= 0.3 is 0 Å². The molecule has 3 rings (SSSR count). The summed E-state index contributed by atoms with van der Waals surface area (Å²) < 4.78 is 10.8. The summed E-state index contributed by atoms with van der Waals surface area (Å²) in [5.41, 5.74) is 1.52. The number of carbonyl (C=O) groups is 1. The van der Waals surface area contributed by atoms with Gasteiger partial charge in [-0.3, -0.25) is 4.79 Å². The topological polar surface area (TPSA) is 60.4 Å². The average molecular weight is 346 g/mol. The van der Waals surface area contributed by atoms with Gasteiger partial charge in [0.15, 0.2) is 11.5 Å². The summed E-state index contributed by atoms with van der Waals surface area (Å²) in [6.07, 6.45) is 3.13. The third-order valence-electron chi connectivity index (χ3n) is 5.11. The van der Waals surface area contributed by atoms with Gasteiger partial charge in [-0.2, -0.15) is 0 Å². The van der Waals surface area contributed by atoms with Crippen LogP contribution in [-0.2, 0) is 9.63 Å². The van der Waals surface area contributed by atoms with Crippen LogP contribution in [0.4, 0.5) is 0 Å². The highest BCUT2D eigenvalue weighted by Crippen LogP contribution is 2.34. The van der Waals surface area contributed by atoms with Crippen molar-refractivity contribution in [3.8, 4) is 11.5 Å². The Morgan fingerprint density at radius 2 is 1.92 bits per heavy atom. The SMILES string of the molecule is COc1cccc(C2=NO[C@H](C(=O)N3[C@@H](C)CCC[C@@H]3C)C2)c1OC. The van der Waals surface area contributed by atoms with Crippen LogP contribution < -0.4 is 9.47 Å². The molecule has 0 unspecified atom stereocenters. The maximum absolute atomic E-state index is 12.9. The molecule has 2 aliphatic rings. The fourth-order valence-electron chi connectivity index (χ4n) is 3.81. The van der Waals surface area contributed by atoms with Crippen molar-refractivity contribution in [3.05, 3.63) is 23.8 Å². The first kappa shape index (κ1) is 17.6. The fourth-order valence-corrected chi connectivity index (χ4v) is 3.81. The van der Waals surface area contributed by atoms with E-state index in [9.17, 15) is 4.79 Å². The van der Waals surface area contributed by atoms with Crippen LogP contribution in [0.15, 0.2) is 23.4 Å². The van der Waals surface area contributed by atoms with Crippen LogP contribution >= 0.6 is 0 Å². The van der Waals surface area contributed by atoms with Crippen LogP contribution in [0.2, 0.25) is 0 Å². The number of carbonyl (C=O) groups excluding carboxylic acids is 1. The lowest BCUT2D eigenvalue weighted by atomic mass is 9.95. The zero-order valence-electron chi connectivity index (χ0n) is 15.3. The third-order valence-corrected chi connectivity index (χ3v) is 5.11. The van der Waals surface area contributed by atoms with E-state index in [2.05, 4.69) is 19.0 Å². The minimum absolute atomic E-state index is 0.0281. The summed E-state index contributed by atoms with van der Waals surface area (Å²) in [6, 6.07) is 6.11. The number of amides is 1. The van der Waals surface area contributed by atoms with Crippen molar-refractivity contribution in [3.63, 3.8) is 0 Å². The summed E-state index contributed by atoms with van der Waals surface area (Å²) in [5, 5.41) is 4.17. The molecule has 2 heterocycles. The van der Waals surface area contributed by atoms with E-state index in [0.717, 1.165) is 18.4 Å². The first-order chi connectivity index (χ1) is 12.1. The average Bonchev–Trinajstić information content (AvgIpc) is 3.10. The summed E-state index contributed by atoms with van der Waals surface area (Å²) in [6.45, 7) is 4.21. The van der Waals surface area contributed by atoms with Crippen LogP contribution in [0.1, 0.15) is 45.1 Å². The number of hydrogen-bond donors (Lipinski definition) is 0. The van der Waals surface area contributed by atoms with Gasteiger partial charge in [-0.1, -0.05) is 11.2 Å². The lowest BCUT2D eigenvalue weighted by Gasteiger charge is -2.39. The van der Waals surface area contributed by atoms with Crippen LogP contribution in [0.3, 0.4) is 0 Å². The number of benzene rings is 1. The number of oxime groups is 1. The minimum Gasteiger partial charge on any atom is -0.493 e. The lowest BCUT2D eigenvalue weighted by molar-refractivity contribution is -0.148. The van der Waals surface area contributed by atoms with Gasteiger partial charge in [0.05, 0.1) is 19.9 Å². The molecule has 0 saturated carbocycles. The maximum Gasteiger partial charge on any atom is 0.267 e. The number of methoxy groups -OCH3 is 2. The Bertz CT molecular complexity index is 663. The molecule has 1 aromatic rings. The zero-order chi connectivity index (χ0) is 18.0. The summed E-state index contributed by atoms with van der Waals surface area (Å²) in [4.78, 5) is 20.4. The molecule has 0 radical (unpaired) electrons. The Hall–Kier alpha value is -2.24. The Balaban J connectivity index is 1.76. The molecule has 6 nitrogen and oxygen atoms in total. The molecular formula is C19H26N2O4. The normalized spacial score (nSPS) is 26.0. The molecule has 0 spiro atoms. The second kappa shape index (κ2) is 7.33. The Labute approximate surface area is 148 Å². The van der Waals surface area contributed by atoms with Crippen molar-refractivity contribution in [2.45, 2.75) is 57.7 Å². The first-order valence-electron chi connectivity index (χ1n) is 8.83. The molecule has 0 aromatic heterocycles. The van der Waals surface area contributed by atoms with E-state index in [4.69, 9.17) is 14.3 Å². The Morgan fingerprint density at radius 1 is 1.20 bits per heavy atom. The van der Waals surface area contributed by atoms with Crippen LogP contribution in [0, 0.1) is 0 Å². The van der Waals surface area contributed by atoms with Gasteiger partial charge in [0, 0.05) is 24.1 Å².